The van der Waals surface area contributed by atoms with E-state index in [2.05, 4.69) is 0 Å². The molecule has 1 unspecified atom stereocenters. The zero-order chi connectivity index (χ0) is 9.78. The van der Waals surface area contributed by atoms with Crippen LogP contribution in [0.15, 0.2) is 0 Å². The normalized spacial score (nSPS) is 15.2. The van der Waals surface area contributed by atoms with Crippen molar-refractivity contribution in [3.8, 4) is 0 Å². The highest BCUT2D eigenvalue weighted by atomic mass is 16.4. The third-order valence-corrected chi connectivity index (χ3v) is 1.94. The number of primary amides is 1. The lowest BCUT2D eigenvalue weighted by molar-refractivity contribution is -0.144. The minimum Gasteiger partial charge on any atom is -0.481 e. The molecule has 12 heavy (non-hydrogen) atoms. The number of carboxylic acid groups (broad SMARTS) is 1. The number of carboxylic acids is 1. The minimum atomic E-state index is -0.982. The van der Waals surface area contributed by atoms with Crippen molar-refractivity contribution in [2.75, 3.05) is 0 Å². The Balaban J connectivity index is 4.38. The van der Waals surface area contributed by atoms with Crippen molar-refractivity contribution < 1.29 is 14.7 Å². The molecule has 4 heteroatoms. The molecule has 0 spiro atoms. The Morgan fingerprint density at radius 3 is 2.25 bits per heavy atom. The molecule has 0 rings (SSSR count). The van der Waals surface area contributed by atoms with Crippen molar-refractivity contribution in [2.45, 2.75) is 33.1 Å². The first-order valence-electron chi connectivity index (χ1n) is 3.94. The Morgan fingerprint density at radius 1 is 1.50 bits per heavy atom. The lowest BCUT2D eigenvalue weighted by Crippen LogP contribution is -2.36. The molecule has 0 aliphatic rings. The quantitative estimate of drug-likeness (QED) is 0.643. The van der Waals surface area contributed by atoms with E-state index in [1.54, 1.807) is 6.92 Å². The van der Waals surface area contributed by atoms with Crippen LogP contribution in [0.1, 0.15) is 33.1 Å². The average molecular weight is 173 g/mol. The fourth-order valence-electron chi connectivity index (χ4n) is 1.18. The van der Waals surface area contributed by atoms with Crippen LogP contribution >= 0.6 is 0 Å². The first-order valence-corrected chi connectivity index (χ1v) is 3.94. The zero-order valence-electron chi connectivity index (χ0n) is 7.46. The molecule has 0 saturated carbocycles. The highest BCUT2D eigenvalue weighted by molar-refractivity contribution is 5.85. The highest BCUT2D eigenvalue weighted by Crippen LogP contribution is 2.26. The lowest BCUT2D eigenvalue weighted by atomic mass is 9.82. The van der Waals surface area contributed by atoms with Crippen molar-refractivity contribution in [3.63, 3.8) is 0 Å². The molecule has 0 aliphatic carbocycles. The number of carbonyl (C=O) groups is 2. The average Bonchev–Trinajstić information content (AvgIpc) is 1.85. The van der Waals surface area contributed by atoms with Gasteiger partial charge < -0.3 is 10.8 Å². The summed E-state index contributed by atoms with van der Waals surface area (Å²) in [5.74, 6) is -1.52. The van der Waals surface area contributed by atoms with Gasteiger partial charge in [-0.25, -0.2) is 0 Å². The molecule has 3 N–H and O–H groups in total. The van der Waals surface area contributed by atoms with Gasteiger partial charge in [0.15, 0.2) is 0 Å². The van der Waals surface area contributed by atoms with E-state index < -0.39 is 17.3 Å². The molecule has 0 heterocycles. The third kappa shape index (κ3) is 2.90. The Hall–Kier alpha value is -1.06. The number of aliphatic carboxylic acids is 1. The van der Waals surface area contributed by atoms with Gasteiger partial charge in [-0.3, -0.25) is 9.59 Å². The maximum Gasteiger partial charge on any atom is 0.304 e. The van der Waals surface area contributed by atoms with Gasteiger partial charge >= 0.3 is 5.97 Å². The van der Waals surface area contributed by atoms with Crippen LogP contribution < -0.4 is 5.73 Å². The van der Waals surface area contributed by atoms with Gasteiger partial charge in [0.25, 0.3) is 0 Å². The SMILES string of the molecule is CCCC(C)(CC(=O)O)C(N)=O. The van der Waals surface area contributed by atoms with E-state index in [-0.39, 0.29) is 6.42 Å². The Kier molecular flexibility index (Phi) is 3.73. The molecule has 4 nitrogen and oxygen atoms in total. The molecule has 1 atom stereocenters. The van der Waals surface area contributed by atoms with Crippen molar-refractivity contribution >= 4 is 11.9 Å². The van der Waals surface area contributed by atoms with Crippen LogP contribution in [0.25, 0.3) is 0 Å². The number of carbonyl (C=O) groups excluding carboxylic acids is 1. The van der Waals surface area contributed by atoms with Crippen LogP contribution in [0.5, 0.6) is 0 Å². The molecule has 0 aromatic heterocycles. The molecule has 0 aromatic rings. The van der Waals surface area contributed by atoms with E-state index in [0.717, 1.165) is 6.42 Å². The van der Waals surface area contributed by atoms with Gasteiger partial charge in [0.05, 0.1) is 11.8 Å². The smallest absolute Gasteiger partial charge is 0.304 e. The van der Waals surface area contributed by atoms with Crippen LogP contribution in [0.4, 0.5) is 0 Å². The predicted octanol–water partition coefficient (Wildman–Crippen LogP) is 0.753. The van der Waals surface area contributed by atoms with Gasteiger partial charge in [0.1, 0.15) is 0 Å². The van der Waals surface area contributed by atoms with Gasteiger partial charge in [-0.1, -0.05) is 20.3 Å². The maximum absolute atomic E-state index is 10.9. The van der Waals surface area contributed by atoms with E-state index >= 15 is 0 Å². The number of hydrogen-bond acceptors (Lipinski definition) is 2. The second kappa shape index (κ2) is 4.09. The monoisotopic (exact) mass is 173 g/mol. The Morgan fingerprint density at radius 2 is 2.00 bits per heavy atom. The van der Waals surface area contributed by atoms with Crippen molar-refractivity contribution in [2.24, 2.45) is 11.1 Å². The predicted molar refractivity (Wildman–Crippen MR) is 44.5 cm³/mol. The summed E-state index contributed by atoms with van der Waals surface area (Å²) >= 11 is 0. The molecule has 1 amide bonds. The molecular weight excluding hydrogens is 158 g/mol. The third-order valence-electron chi connectivity index (χ3n) is 1.94. The highest BCUT2D eigenvalue weighted by Gasteiger charge is 2.32. The molecule has 0 aliphatic heterocycles. The molecular formula is C8H15NO3. The number of rotatable bonds is 5. The van der Waals surface area contributed by atoms with Gasteiger partial charge in [-0.2, -0.15) is 0 Å². The summed E-state index contributed by atoms with van der Waals surface area (Å²) in [6.45, 7) is 3.48. The fraction of sp³-hybridized carbons (Fsp3) is 0.750. The van der Waals surface area contributed by atoms with Crippen LogP contribution in [-0.2, 0) is 9.59 Å². The first kappa shape index (κ1) is 10.9. The topological polar surface area (TPSA) is 80.4 Å². The van der Waals surface area contributed by atoms with E-state index in [1.807, 2.05) is 6.92 Å². The molecule has 0 bridgehead atoms. The van der Waals surface area contributed by atoms with Crippen molar-refractivity contribution in [3.05, 3.63) is 0 Å². The molecule has 0 saturated heterocycles. The van der Waals surface area contributed by atoms with Crippen LogP contribution in [0.2, 0.25) is 0 Å². The minimum absolute atomic E-state index is 0.184. The summed E-state index contributed by atoms with van der Waals surface area (Å²) in [5, 5.41) is 8.52. The van der Waals surface area contributed by atoms with Gasteiger partial charge in [0, 0.05) is 0 Å². The fourth-order valence-corrected chi connectivity index (χ4v) is 1.18. The molecule has 70 valence electrons. The number of nitrogens with two attached hydrogens (primary N) is 1. The maximum atomic E-state index is 10.9. The van der Waals surface area contributed by atoms with Crippen LogP contribution in [-0.4, -0.2) is 17.0 Å². The summed E-state index contributed by atoms with van der Waals surface area (Å²) in [5.41, 5.74) is 4.21. The van der Waals surface area contributed by atoms with Gasteiger partial charge in [-0.15, -0.1) is 0 Å². The van der Waals surface area contributed by atoms with E-state index in [1.165, 1.54) is 0 Å². The standard InChI is InChI=1S/C8H15NO3/c1-3-4-8(2,7(9)12)5-6(10)11/h3-5H2,1-2H3,(H2,9,12)(H,10,11). The summed E-state index contributed by atoms with van der Waals surface area (Å²) < 4.78 is 0. The van der Waals surface area contributed by atoms with Crippen LogP contribution in [0.3, 0.4) is 0 Å². The van der Waals surface area contributed by atoms with E-state index in [4.69, 9.17) is 10.8 Å². The Bertz CT molecular complexity index is 191. The van der Waals surface area contributed by atoms with E-state index in [9.17, 15) is 9.59 Å². The van der Waals surface area contributed by atoms with Crippen molar-refractivity contribution in [1.82, 2.24) is 0 Å². The van der Waals surface area contributed by atoms with Crippen molar-refractivity contribution in [1.29, 1.82) is 0 Å². The Labute approximate surface area is 71.8 Å². The summed E-state index contributed by atoms with van der Waals surface area (Å²) in [6, 6.07) is 0. The largest absolute Gasteiger partial charge is 0.481 e. The van der Waals surface area contributed by atoms with Gasteiger partial charge in [-0.05, 0) is 6.42 Å². The van der Waals surface area contributed by atoms with Gasteiger partial charge in [0.2, 0.25) is 5.91 Å². The summed E-state index contributed by atoms with van der Waals surface area (Å²) in [6.07, 6.45) is 1.09. The molecule has 0 radical (unpaired) electrons. The number of hydrogen-bond donors (Lipinski definition) is 2. The first-order chi connectivity index (χ1) is 5.42. The molecule has 0 fully saturated rings. The number of amides is 1. The van der Waals surface area contributed by atoms with E-state index in [0.29, 0.717) is 6.42 Å². The second-order valence-corrected chi connectivity index (χ2v) is 3.25. The van der Waals surface area contributed by atoms with Crippen LogP contribution in [0, 0.1) is 5.41 Å². The lowest BCUT2D eigenvalue weighted by Gasteiger charge is -2.22. The zero-order valence-corrected chi connectivity index (χ0v) is 7.46. The molecule has 0 aromatic carbocycles. The summed E-state index contributed by atoms with van der Waals surface area (Å²) in [4.78, 5) is 21.3. The second-order valence-electron chi connectivity index (χ2n) is 3.25. The summed E-state index contributed by atoms with van der Waals surface area (Å²) in [7, 11) is 0.